The highest BCUT2D eigenvalue weighted by Crippen LogP contribution is 2.24. The molecule has 12 heteroatoms. The third-order valence-corrected chi connectivity index (χ3v) is 7.26. The Morgan fingerprint density at radius 1 is 1.00 bits per heavy atom. The Kier molecular flexibility index (Phi) is 10.2. The summed E-state index contributed by atoms with van der Waals surface area (Å²) in [6.45, 7) is 1.40. The minimum Gasteiger partial charge on any atom is -0.497 e. The van der Waals surface area contributed by atoms with Gasteiger partial charge < -0.3 is 15.0 Å². The van der Waals surface area contributed by atoms with Gasteiger partial charge in [0.25, 0.3) is 5.69 Å². The lowest BCUT2D eigenvalue weighted by atomic mass is 10.0. The van der Waals surface area contributed by atoms with Gasteiger partial charge in [-0.15, -0.1) is 0 Å². The van der Waals surface area contributed by atoms with Gasteiger partial charge in [-0.25, -0.2) is 8.42 Å². The van der Waals surface area contributed by atoms with Gasteiger partial charge in [0, 0.05) is 31.6 Å². The number of carbonyl (C=O) groups excluding carboxylic acids is 2. The summed E-state index contributed by atoms with van der Waals surface area (Å²) in [5.41, 5.74) is 1.11. The molecule has 2 amide bonds. The number of carbonyl (C=O) groups is 2. The normalized spacial score (nSPS) is 11.8. The maximum absolute atomic E-state index is 14.0. The number of nitrogens with one attached hydrogen (secondary N) is 1. The molecule has 0 saturated heterocycles. The summed E-state index contributed by atoms with van der Waals surface area (Å²) in [4.78, 5) is 39.3. The number of rotatable bonds is 13. The van der Waals surface area contributed by atoms with Gasteiger partial charge in [-0.1, -0.05) is 48.5 Å². The number of amides is 2. The number of hydrogen-bond donors (Lipinski definition) is 1. The van der Waals surface area contributed by atoms with E-state index in [9.17, 15) is 28.1 Å². The van der Waals surface area contributed by atoms with E-state index in [2.05, 4.69) is 5.32 Å². The van der Waals surface area contributed by atoms with Gasteiger partial charge in [-0.3, -0.25) is 24.0 Å². The fourth-order valence-corrected chi connectivity index (χ4v) is 5.03. The van der Waals surface area contributed by atoms with Crippen molar-refractivity contribution in [3.63, 3.8) is 0 Å². The fourth-order valence-electron chi connectivity index (χ4n) is 4.19. The first kappa shape index (κ1) is 30.1. The van der Waals surface area contributed by atoms with Crippen LogP contribution < -0.4 is 14.4 Å². The molecule has 0 saturated carbocycles. The van der Waals surface area contributed by atoms with Crippen LogP contribution in [0.2, 0.25) is 0 Å². The van der Waals surface area contributed by atoms with Gasteiger partial charge in [0.1, 0.15) is 18.3 Å². The minimum absolute atomic E-state index is 0.0167. The molecule has 40 heavy (non-hydrogen) atoms. The third-order valence-electron chi connectivity index (χ3n) is 6.12. The lowest BCUT2D eigenvalue weighted by Crippen LogP contribution is -2.53. The number of methoxy groups -OCH3 is 1. The largest absolute Gasteiger partial charge is 0.497 e. The Morgan fingerprint density at radius 2 is 1.68 bits per heavy atom. The van der Waals surface area contributed by atoms with Crippen LogP contribution in [0.3, 0.4) is 0 Å². The summed E-state index contributed by atoms with van der Waals surface area (Å²) in [6, 6.07) is 20.2. The predicted molar refractivity (Wildman–Crippen MR) is 151 cm³/mol. The maximum atomic E-state index is 14.0. The van der Waals surface area contributed by atoms with Gasteiger partial charge in [-0.2, -0.15) is 0 Å². The lowest BCUT2D eigenvalue weighted by molar-refractivity contribution is -0.384. The zero-order valence-electron chi connectivity index (χ0n) is 22.5. The molecule has 1 N–H and O–H groups in total. The van der Waals surface area contributed by atoms with Crippen molar-refractivity contribution in [2.75, 3.05) is 30.8 Å². The molecule has 3 aromatic rings. The number of anilines is 1. The second-order valence-electron chi connectivity index (χ2n) is 9.02. The van der Waals surface area contributed by atoms with E-state index in [0.29, 0.717) is 17.9 Å². The summed E-state index contributed by atoms with van der Waals surface area (Å²) >= 11 is 0. The molecule has 0 unspecified atom stereocenters. The van der Waals surface area contributed by atoms with Gasteiger partial charge in [-0.05, 0) is 36.2 Å². The molecule has 0 aliphatic rings. The molecule has 0 radical (unpaired) electrons. The molecule has 3 aromatic carbocycles. The van der Waals surface area contributed by atoms with Crippen LogP contribution in [0.5, 0.6) is 5.75 Å². The van der Waals surface area contributed by atoms with E-state index in [4.69, 9.17) is 4.74 Å². The number of non-ortho nitro benzene ring substituents is 1. The Labute approximate surface area is 233 Å². The summed E-state index contributed by atoms with van der Waals surface area (Å²) in [5.74, 6) is -0.507. The molecular formula is C28H32N4O7S. The van der Waals surface area contributed by atoms with E-state index in [1.165, 1.54) is 30.2 Å². The Balaban J connectivity index is 2.07. The van der Waals surface area contributed by atoms with Crippen LogP contribution >= 0.6 is 0 Å². The molecule has 0 fully saturated rings. The molecular weight excluding hydrogens is 536 g/mol. The van der Waals surface area contributed by atoms with Crippen LogP contribution in [-0.2, 0) is 32.6 Å². The molecule has 0 aliphatic carbocycles. The van der Waals surface area contributed by atoms with E-state index in [1.807, 2.05) is 30.3 Å². The molecule has 0 aliphatic heterocycles. The first-order valence-corrected chi connectivity index (χ1v) is 14.3. The van der Waals surface area contributed by atoms with Gasteiger partial charge in [0.15, 0.2) is 0 Å². The van der Waals surface area contributed by atoms with Crippen molar-refractivity contribution in [2.24, 2.45) is 0 Å². The molecule has 0 heterocycles. The van der Waals surface area contributed by atoms with E-state index in [0.717, 1.165) is 22.2 Å². The first-order valence-electron chi connectivity index (χ1n) is 12.5. The van der Waals surface area contributed by atoms with Crippen molar-refractivity contribution >= 4 is 33.2 Å². The molecule has 0 spiro atoms. The highest BCUT2D eigenvalue weighted by atomic mass is 32.2. The topological polar surface area (TPSA) is 139 Å². The fraction of sp³-hybridized carbons (Fsp3) is 0.286. The Hall–Kier alpha value is -4.45. The van der Waals surface area contributed by atoms with Crippen LogP contribution in [0.4, 0.5) is 11.4 Å². The van der Waals surface area contributed by atoms with Crippen LogP contribution in [0.15, 0.2) is 78.9 Å². The Bertz CT molecular complexity index is 1450. The number of nitrogens with zero attached hydrogens (tertiary/aromatic N) is 3. The summed E-state index contributed by atoms with van der Waals surface area (Å²) in [6.07, 6.45) is 1.09. The number of benzene rings is 3. The molecule has 3 rings (SSSR count). The third kappa shape index (κ3) is 8.03. The maximum Gasteiger partial charge on any atom is 0.271 e. The average Bonchev–Trinajstić information content (AvgIpc) is 2.93. The van der Waals surface area contributed by atoms with Gasteiger partial charge in [0.2, 0.25) is 21.8 Å². The SMILES string of the molecule is CCNC(=O)[C@@H](Cc1ccccc1)N(Cc1cccc(OC)c1)C(=O)CN(c1cccc([N+](=O)[O-])c1)S(C)(=O)=O. The summed E-state index contributed by atoms with van der Waals surface area (Å²) in [7, 11) is -2.53. The number of hydrogen-bond acceptors (Lipinski definition) is 7. The van der Waals surface area contributed by atoms with Crippen molar-refractivity contribution < 1.29 is 27.7 Å². The predicted octanol–water partition coefficient (Wildman–Crippen LogP) is 3.15. The molecule has 0 bridgehead atoms. The summed E-state index contributed by atoms with van der Waals surface area (Å²) in [5, 5.41) is 14.1. The smallest absolute Gasteiger partial charge is 0.271 e. The van der Waals surface area contributed by atoms with Crippen molar-refractivity contribution in [2.45, 2.75) is 25.9 Å². The van der Waals surface area contributed by atoms with Gasteiger partial charge >= 0.3 is 0 Å². The zero-order valence-corrected chi connectivity index (χ0v) is 23.3. The molecule has 0 aromatic heterocycles. The van der Waals surface area contributed by atoms with Crippen molar-refractivity contribution in [1.82, 2.24) is 10.2 Å². The number of nitro benzene ring substituents is 1. The average molecular weight is 569 g/mol. The molecule has 212 valence electrons. The van der Waals surface area contributed by atoms with Crippen LogP contribution in [0, 0.1) is 10.1 Å². The van der Waals surface area contributed by atoms with Gasteiger partial charge in [0.05, 0.1) is 24.0 Å². The molecule has 11 nitrogen and oxygen atoms in total. The number of likely N-dealkylation sites (N-methyl/N-ethyl adjacent to an activating group) is 1. The van der Waals surface area contributed by atoms with E-state index in [1.54, 1.807) is 31.2 Å². The minimum atomic E-state index is -4.04. The van der Waals surface area contributed by atoms with Crippen molar-refractivity contribution in [3.8, 4) is 5.75 Å². The molecule has 1 atom stereocenters. The monoisotopic (exact) mass is 568 g/mol. The van der Waals surface area contributed by atoms with Crippen LogP contribution in [0.1, 0.15) is 18.1 Å². The number of nitro groups is 1. The second kappa shape index (κ2) is 13.6. The van der Waals surface area contributed by atoms with E-state index in [-0.39, 0.29) is 24.3 Å². The van der Waals surface area contributed by atoms with E-state index >= 15 is 0 Å². The number of sulfonamides is 1. The lowest BCUT2D eigenvalue weighted by Gasteiger charge is -2.33. The van der Waals surface area contributed by atoms with Crippen LogP contribution in [0.25, 0.3) is 0 Å². The zero-order chi connectivity index (χ0) is 29.3. The number of ether oxygens (including phenoxy) is 1. The Morgan fingerprint density at radius 3 is 2.30 bits per heavy atom. The second-order valence-corrected chi connectivity index (χ2v) is 10.9. The quantitative estimate of drug-likeness (QED) is 0.247. The van der Waals surface area contributed by atoms with E-state index < -0.39 is 39.3 Å². The standard InChI is InChI=1S/C28H32N4O7S/c1-4-29-28(34)26(17-21-10-6-5-7-11-21)30(19-22-12-8-15-25(16-22)39-2)27(33)20-31(40(3,37)38)23-13-9-14-24(18-23)32(35)36/h5-16,18,26H,4,17,19-20H2,1-3H3,(H,29,34)/t26-/m1/s1. The highest BCUT2D eigenvalue weighted by molar-refractivity contribution is 7.92. The van der Waals surface area contributed by atoms with Crippen molar-refractivity contribution in [1.29, 1.82) is 0 Å². The summed E-state index contributed by atoms with van der Waals surface area (Å²) < 4.78 is 31.7. The van der Waals surface area contributed by atoms with Crippen LogP contribution in [-0.4, -0.2) is 62.6 Å². The van der Waals surface area contributed by atoms with Crippen molar-refractivity contribution in [3.05, 3.63) is 100 Å². The highest BCUT2D eigenvalue weighted by Gasteiger charge is 2.33. The first-order chi connectivity index (χ1) is 19.0.